The van der Waals surface area contributed by atoms with Gasteiger partial charge in [0.1, 0.15) is 0 Å². The zero-order chi connectivity index (χ0) is 12.7. The summed E-state index contributed by atoms with van der Waals surface area (Å²) in [5.74, 6) is -0.0797. The van der Waals surface area contributed by atoms with Crippen LogP contribution in [0.5, 0.6) is 0 Å². The molecule has 1 aromatic carbocycles. The van der Waals surface area contributed by atoms with Gasteiger partial charge in [-0.05, 0) is 34.1 Å². The van der Waals surface area contributed by atoms with Gasteiger partial charge in [-0.2, -0.15) is 0 Å². The third-order valence-corrected chi connectivity index (χ3v) is 2.89. The molecule has 0 bridgehead atoms. The molecule has 4 nitrogen and oxygen atoms in total. The summed E-state index contributed by atoms with van der Waals surface area (Å²) in [6, 6.07) is 5.35. The van der Waals surface area contributed by atoms with Crippen molar-refractivity contribution in [3.63, 3.8) is 0 Å². The summed E-state index contributed by atoms with van der Waals surface area (Å²) in [5.41, 5.74) is 0.830. The van der Waals surface area contributed by atoms with Crippen LogP contribution < -0.4 is 10.6 Å². The minimum atomic E-state index is -0.0797. The largest absolute Gasteiger partial charge is 0.383 e. The quantitative estimate of drug-likeness (QED) is 0.790. The summed E-state index contributed by atoms with van der Waals surface area (Å²) >= 11 is 9.18. The van der Waals surface area contributed by atoms with Crippen LogP contribution in [0.3, 0.4) is 0 Å². The number of nitrogens with one attached hydrogen (secondary N) is 2. The first kappa shape index (κ1) is 14.3. The number of carbonyl (C=O) groups excluding carboxylic acids is 1. The predicted octanol–water partition coefficient (Wildman–Crippen LogP) is 2.28. The molecule has 1 aromatic rings. The van der Waals surface area contributed by atoms with Gasteiger partial charge >= 0.3 is 0 Å². The SMILES string of the molecule is COCCNC(=O)CNc1ccc(Cl)cc1Br. The van der Waals surface area contributed by atoms with Crippen molar-refractivity contribution in [2.75, 3.05) is 32.1 Å². The van der Waals surface area contributed by atoms with Crippen molar-refractivity contribution >= 4 is 39.1 Å². The molecule has 0 radical (unpaired) electrons. The first-order valence-electron chi connectivity index (χ1n) is 5.08. The molecule has 94 valence electrons. The molecule has 17 heavy (non-hydrogen) atoms. The number of benzene rings is 1. The second-order valence-electron chi connectivity index (χ2n) is 3.32. The second kappa shape index (κ2) is 7.53. The Morgan fingerprint density at radius 1 is 1.53 bits per heavy atom. The number of rotatable bonds is 6. The monoisotopic (exact) mass is 320 g/mol. The summed E-state index contributed by atoms with van der Waals surface area (Å²) in [6.07, 6.45) is 0. The number of hydrogen-bond acceptors (Lipinski definition) is 3. The zero-order valence-electron chi connectivity index (χ0n) is 9.43. The Bertz CT molecular complexity index is 388. The average molecular weight is 322 g/mol. The van der Waals surface area contributed by atoms with Crippen LogP contribution in [0, 0.1) is 0 Å². The van der Waals surface area contributed by atoms with Crippen LogP contribution in [-0.2, 0) is 9.53 Å². The van der Waals surface area contributed by atoms with Crippen LogP contribution in [0.2, 0.25) is 5.02 Å². The van der Waals surface area contributed by atoms with Crippen LogP contribution >= 0.6 is 27.5 Å². The van der Waals surface area contributed by atoms with Gasteiger partial charge in [0.2, 0.25) is 5.91 Å². The van der Waals surface area contributed by atoms with E-state index in [1.807, 2.05) is 6.07 Å². The normalized spacial score (nSPS) is 10.1. The van der Waals surface area contributed by atoms with Crippen LogP contribution in [0.1, 0.15) is 0 Å². The van der Waals surface area contributed by atoms with E-state index in [2.05, 4.69) is 26.6 Å². The molecule has 6 heteroatoms. The van der Waals surface area contributed by atoms with Gasteiger partial charge in [0.25, 0.3) is 0 Å². The third-order valence-electron chi connectivity index (χ3n) is 2.00. The van der Waals surface area contributed by atoms with Gasteiger partial charge in [-0.15, -0.1) is 0 Å². The maximum absolute atomic E-state index is 11.4. The standard InChI is InChI=1S/C11H14BrClN2O2/c1-17-5-4-14-11(16)7-15-10-3-2-8(13)6-9(10)12/h2-3,6,15H,4-5,7H2,1H3,(H,14,16). The lowest BCUT2D eigenvalue weighted by atomic mass is 10.3. The molecule has 0 atom stereocenters. The second-order valence-corrected chi connectivity index (χ2v) is 4.61. The van der Waals surface area contributed by atoms with E-state index in [4.69, 9.17) is 16.3 Å². The lowest BCUT2D eigenvalue weighted by Crippen LogP contribution is -2.32. The average Bonchev–Trinajstić information content (AvgIpc) is 2.28. The Labute approximate surface area is 114 Å². The highest BCUT2D eigenvalue weighted by atomic mass is 79.9. The maximum atomic E-state index is 11.4. The number of methoxy groups -OCH3 is 1. The van der Waals surface area contributed by atoms with Crippen molar-refractivity contribution < 1.29 is 9.53 Å². The van der Waals surface area contributed by atoms with Crippen molar-refractivity contribution in [1.29, 1.82) is 0 Å². The number of amides is 1. The van der Waals surface area contributed by atoms with Gasteiger partial charge in [0, 0.05) is 28.8 Å². The summed E-state index contributed by atoms with van der Waals surface area (Å²) in [5, 5.41) is 6.37. The summed E-state index contributed by atoms with van der Waals surface area (Å²) < 4.78 is 5.66. The Balaban J connectivity index is 2.37. The van der Waals surface area contributed by atoms with Crippen molar-refractivity contribution in [3.8, 4) is 0 Å². The number of halogens is 2. The van der Waals surface area contributed by atoms with E-state index >= 15 is 0 Å². The minimum Gasteiger partial charge on any atom is -0.383 e. The molecule has 0 saturated heterocycles. The van der Waals surface area contributed by atoms with Crippen molar-refractivity contribution in [2.45, 2.75) is 0 Å². The van der Waals surface area contributed by atoms with E-state index in [1.54, 1.807) is 19.2 Å². The fourth-order valence-corrected chi connectivity index (χ4v) is 1.99. The van der Waals surface area contributed by atoms with Crippen molar-refractivity contribution in [3.05, 3.63) is 27.7 Å². The predicted molar refractivity (Wildman–Crippen MR) is 72.5 cm³/mol. The van der Waals surface area contributed by atoms with Crippen molar-refractivity contribution in [2.24, 2.45) is 0 Å². The molecule has 0 unspecified atom stereocenters. The molecule has 1 rings (SSSR count). The molecule has 2 N–H and O–H groups in total. The number of ether oxygens (including phenoxy) is 1. The molecule has 0 saturated carbocycles. The highest BCUT2D eigenvalue weighted by Gasteiger charge is 2.03. The minimum absolute atomic E-state index is 0.0797. The van der Waals surface area contributed by atoms with E-state index in [9.17, 15) is 4.79 Å². The fraction of sp³-hybridized carbons (Fsp3) is 0.364. The van der Waals surface area contributed by atoms with Gasteiger partial charge in [-0.3, -0.25) is 4.79 Å². The molecular weight excluding hydrogens is 307 g/mol. The topological polar surface area (TPSA) is 50.4 Å². The lowest BCUT2D eigenvalue weighted by Gasteiger charge is -2.09. The summed E-state index contributed by atoms with van der Waals surface area (Å²) in [6.45, 7) is 1.24. The van der Waals surface area contributed by atoms with Crippen LogP contribution in [0.25, 0.3) is 0 Å². The molecule has 0 aromatic heterocycles. The molecule has 0 aliphatic rings. The Hall–Kier alpha value is -0.780. The number of carbonyl (C=O) groups is 1. The Morgan fingerprint density at radius 3 is 2.94 bits per heavy atom. The van der Waals surface area contributed by atoms with Gasteiger partial charge in [0.05, 0.1) is 13.2 Å². The third kappa shape index (κ3) is 5.39. The van der Waals surface area contributed by atoms with Crippen LogP contribution in [-0.4, -0.2) is 32.7 Å². The van der Waals surface area contributed by atoms with E-state index in [0.29, 0.717) is 18.2 Å². The van der Waals surface area contributed by atoms with E-state index in [1.165, 1.54) is 0 Å². The van der Waals surface area contributed by atoms with Gasteiger partial charge in [-0.25, -0.2) is 0 Å². The fourth-order valence-electron chi connectivity index (χ4n) is 1.16. The number of hydrogen-bond donors (Lipinski definition) is 2. The van der Waals surface area contributed by atoms with Gasteiger partial charge in [0.15, 0.2) is 0 Å². The summed E-state index contributed by atoms with van der Waals surface area (Å²) in [7, 11) is 1.59. The lowest BCUT2D eigenvalue weighted by molar-refractivity contribution is -0.119. The Morgan fingerprint density at radius 2 is 2.29 bits per heavy atom. The van der Waals surface area contributed by atoms with E-state index < -0.39 is 0 Å². The van der Waals surface area contributed by atoms with Gasteiger partial charge < -0.3 is 15.4 Å². The highest BCUT2D eigenvalue weighted by molar-refractivity contribution is 9.10. The smallest absolute Gasteiger partial charge is 0.239 e. The molecular formula is C11H14BrClN2O2. The highest BCUT2D eigenvalue weighted by Crippen LogP contribution is 2.25. The van der Waals surface area contributed by atoms with Crippen LogP contribution in [0.4, 0.5) is 5.69 Å². The molecule has 0 aliphatic heterocycles. The molecule has 0 fully saturated rings. The maximum Gasteiger partial charge on any atom is 0.239 e. The Kier molecular flexibility index (Phi) is 6.32. The van der Waals surface area contributed by atoms with E-state index in [-0.39, 0.29) is 12.5 Å². The first-order valence-corrected chi connectivity index (χ1v) is 6.25. The zero-order valence-corrected chi connectivity index (χ0v) is 11.8. The molecule has 1 amide bonds. The number of anilines is 1. The van der Waals surface area contributed by atoms with E-state index in [0.717, 1.165) is 10.2 Å². The molecule has 0 aliphatic carbocycles. The summed E-state index contributed by atoms with van der Waals surface area (Å²) in [4.78, 5) is 11.4. The van der Waals surface area contributed by atoms with Crippen molar-refractivity contribution in [1.82, 2.24) is 5.32 Å². The molecule has 0 heterocycles. The van der Waals surface area contributed by atoms with Gasteiger partial charge in [-0.1, -0.05) is 11.6 Å². The van der Waals surface area contributed by atoms with Crippen LogP contribution in [0.15, 0.2) is 22.7 Å². The molecule has 0 spiro atoms. The first-order chi connectivity index (χ1) is 8.13.